The predicted octanol–water partition coefficient (Wildman–Crippen LogP) is 1.13. The molecule has 28 heavy (non-hydrogen) atoms. The Morgan fingerprint density at radius 3 is 2.89 bits per heavy atom. The zero-order valence-electron chi connectivity index (χ0n) is 16.0. The molecule has 1 aliphatic carbocycles. The number of amides is 1. The van der Waals surface area contributed by atoms with Crippen molar-refractivity contribution >= 4 is 16.8 Å². The van der Waals surface area contributed by atoms with Crippen LogP contribution in [-0.2, 0) is 17.8 Å². The maximum absolute atomic E-state index is 12.6. The third kappa shape index (κ3) is 3.97. The molecular weight excluding hydrogens is 352 g/mol. The number of H-pyrrole nitrogens is 1. The van der Waals surface area contributed by atoms with Crippen molar-refractivity contribution in [1.82, 2.24) is 15.3 Å². The summed E-state index contributed by atoms with van der Waals surface area (Å²) in [5.41, 5.74) is 3.10. The second-order valence-electron chi connectivity index (χ2n) is 7.55. The lowest BCUT2D eigenvalue weighted by Gasteiger charge is -2.26. The first-order valence-electron chi connectivity index (χ1n) is 9.76. The lowest BCUT2D eigenvalue weighted by atomic mass is 9.88. The fraction of sp³-hybridized carbons (Fsp3) is 0.318. The first-order chi connectivity index (χ1) is 13.6. The molecule has 6 heteroatoms. The predicted molar refractivity (Wildman–Crippen MR) is 108 cm³/mol. The molecule has 0 aliphatic heterocycles. The van der Waals surface area contributed by atoms with Gasteiger partial charge in [-0.2, -0.15) is 0 Å². The molecule has 2 atom stereocenters. The van der Waals surface area contributed by atoms with Crippen LogP contribution in [0.1, 0.15) is 35.8 Å². The highest BCUT2D eigenvalue weighted by Gasteiger charge is 2.22. The highest BCUT2D eigenvalue weighted by atomic mass is 16.2. The van der Waals surface area contributed by atoms with Crippen molar-refractivity contribution in [2.24, 2.45) is 0 Å². The maximum Gasteiger partial charge on any atom is 0.275 e. The molecule has 0 radical (unpaired) electrons. The monoisotopic (exact) mass is 377 g/mol. The maximum atomic E-state index is 12.6. The fourth-order valence-corrected chi connectivity index (χ4v) is 3.99. The Kier molecular flexibility index (Phi) is 5.21. The first kappa shape index (κ1) is 18.4. The van der Waals surface area contributed by atoms with Gasteiger partial charge >= 0.3 is 0 Å². The Labute approximate surface area is 163 Å². The normalized spacial score (nSPS) is 17.1. The lowest BCUT2D eigenvalue weighted by Crippen LogP contribution is -3.09. The van der Waals surface area contributed by atoms with Gasteiger partial charge in [-0.1, -0.05) is 36.4 Å². The van der Waals surface area contributed by atoms with Crippen molar-refractivity contribution in [2.45, 2.75) is 31.8 Å². The Morgan fingerprint density at radius 1 is 1.21 bits per heavy atom. The Hall–Kier alpha value is -2.99. The Morgan fingerprint density at radius 2 is 2.00 bits per heavy atom. The molecule has 4 rings (SSSR count). The Bertz CT molecular complexity index is 1060. The molecular formula is C22H25N4O2+. The van der Waals surface area contributed by atoms with Gasteiger partial charge in [0, 0.05) is 0 Å². The van der Waals surface area contributed by atoms with Crippen molar-refractivity contribution in [3.8, 4) is 0 Å². The van der Waals surface area contributed by atoms with E-state index in [9.17, 15) is 9.59 Å². The number of hydrogen-bond acceptors (Lipinski definition) is 3. The van der Waals surface area contributed by atoms with E-state index < -0.39 is 0 Å². The number of aromatic amines is 1. The van der Waals surface area contributed by atoms with E-state index in [0.29, 0.717) is 29.8 Å². The highest BCUT2D eigenvalue weighted by Crippen LogP contribution is 2.29. The smallest absolute Gasteiger partial charge is 0.275 e. The number of para-hydroxylation sites is 1. The van der Waals surface area contributed by atoms with Crippen LogP contribution >= 0.6 is 0 Å². The van der Waals surface area contributed by atoms with Gasteiger partial charge in [0.2, 0.25) is 0 Å². The van der Waals surface area contributed by atoms with Crippen molar-refractivity contribution in [2.75, 3.05) is 13.6 Å². The van der Waals surface area contributed by atoms with Gasteiger partial charge in [-0.25, -0.2) is 4.98 Å². The average Bonchev–Trinajstić information content (AvgIpc) is 2.68. The molecule has 2 aromatic carbocycles. The van der Waals surface area contributed by atoms with Gasteiger partial charge in [-0.3, -0.25) is 9.59 Å². The number of hydrogen-bond donors (Lipinski definition) is 3. The number of nitrogens with zero attached hydrogens (tertiary/aromatic N) is 1. The van der Waals surface area contributed by atoms with Crippen LogP contribution in [0.3, 0.4) is 0 Å². The summed E-state index contributed by atoms with van der Waals surface area (Å²) < 4.78 is 0. The number of benzene rings is 2. The summed E-state index contributed by atoms with van der Waals surface area (Å²) in [6, 6.07) is 15.7. The molecule has 1 unspecified atom stereocenters. The number of likely N-dealkylation sites (N-methyl/N-ethyl adjacent to an activating group) is 1. The van der Waals surface area contributed by atoms with Crippen molar-refractivity contribution in [3.63, 3.8) is 0 Å². The van der Waals surface area contributed by atoms with Gasteiger partial charge in [-0.15, -0.1) is 0 Å². The van der Waals surface area contributed by atoms with Gasteiger partial charge in [0.15, 0.2) is 12.4 Å². The lowest BCUT2D eigenvalue weighted by molar-refractivity contribution is -0.886. The quantitative estimate of drug-likeness (QED) is 0.624. The second-order valence-corrected chi connectivity index (χ2v) is 7.55. The number of rotatable bonds is 5. The van der Waals surface area contributed by atoms with Gasteiger partial charge in [0.1, 0.15) is 6.54 Å². The summed E-state index contributed by atoms with van der Waals surface area (Å²) in [4.78, 5) is 33.1. The number of fused-ring (bicyclic) bond motifs is 2. The molecule has 1 heterocycles. The highest BCUT2D eigenvalue weighted by molar-refractivity contribution is 5.78. The number of quaternary nitrogens is 1. The molecule has 1 amide bonds. The molecule has 3 N–H and O–H groups in total. The summed E-state index contributed by atoms with van der Waals surface area (Å²) in [7, 11) is 1.93. The van der Waals surface area contributed by atoms with Crippen LogP contribution in [0.5, 0.6) is 0 Å². The van der Waals surface area contributed by atoms with Crippen LogP contribution in [0.25, 0.3) is 10.9 Å². The average molecular weight is 377 g/mol. The van der Waals surface area contributed by atoms with Gasteiger partial charge in [0.05, 0.1) is 24.0 Å². The summed E-state index contributed by atoms with van der Waals surface area (Å²) in [5, 5.41) is 3.76. The van der Waals surface area contributed by atoms with E-state index in [4.69, 9.17) is 0 Å². The summed E-state index contributed by atoms with van der Waals surface area (Å²) in [6.07, 6.45) is 3.14. The fourth-order valence-electron chi connectivity index (χ4n) is 3.99. The molecule has 1 aromatic heterocycles. The van der Waals surface area contributed by atoms with Crippen LogP contribution < -0.4 is 15.8 Å². The molecule has 0 saturated carbocycles. The van der Waals surface area contributed by atoms with Crippen molar-refractivity contribution < 1.29 is 9.69 Å². The SMILES string of the molecule is C[NH+](CC(=O)N[C@@H]1CCCc2ccccc21)Cc1nc2ccccc2c(=O)[nH]1. The first-order valence-corrected chi connectivity index (χ1v) is 9.76. The number of carbonyl (C=O) groups excluding carboxylic acids is 1. The van der Waals surface area contributed by atoms with E-state index in [-0.39, 0.29) is 17.5 Å². The number of carbonyl (C=O) groups is 1. The van der Waals surface area contributed by atoms with Gasteiger partial charge < -0.3 is 15.2 Å². The number of aromatic nitrogens is 2. The standard InChI is InChI=1S/C22H24N4O2/c1-26(13-20-23-19-11-5-4-10-17(19)22(28)25-20)14-21(27)24-18-12-6-8-15-7-2-3-9-16(15)18/h2-5,7,9-11,18H,6,8,12-14H2,1H3,(H,24,27)(H,23,25,28)/p+1/t18-/m1/s1. The van der Waals surface area contributed by atoms with Crippen molar-refractivity contribution in [3.05, 3.63) is 75.8 Å². The molecule has 3 aromatic rings. The van der Waals surface area contributed by atoms with Crippen LogP contribution in [-0.4, -0.2) is 29.5 Å². The number of aryl methyl sites for hydroxylation is 1. The van der Waals surface area contributed by atoms with Crippen LogP contribution in [0.4, 0.5) is 0 Å². The van der Waals surface area contributed by atoms with Gasteiger partial charge in [0.25, 0.3) is 11.5 Å². The largest absolute Gasteiger partial charge is 0.344 e. The molecule has 0 saturated heterocycles. The zero-order chi connectivity index (χ0) is 19.5. The summed E-state index contributed by atoms with van der Waals surface area (Å²) in [5.74, 6) is 0.611. The van der Waals surface area contributed by atoms with Crippen LogP contribution in [0, 0.1) is 0 Å². The van der Waals surface area contributed by atoms with Crippen molar-refractivity contribution in [1.29, 1.82) is 0 Å². The molecule has 0 fully saturated rings. The van der Waals surface area contributed by atoms with Gasteiger partial charge in [-0.05, 0) is 42.5 Å². The second kappa shape index (κ2) is 7.94. The minimum Gasteiger partial charge on any atom is -0.344 e. The van der Waals surface area contributed by atoms with E-state index >= 15 is 0 Å². The van der Waals surface area contributed by atoms with E-state index in [1.807, 2.05) is 31.3 Å². The van der Waals surface area contributed by atoms with E-state index in [1.54, 1.807) is 6.07 Å². The Balaban J connectivity index is 1.40. The zero-order valence-corrected chi connectivity index (χ0v) is 16.0. The molecule has 0 spiro atoms. The van der Waals surface area contributed by atoms with E-state index in [2.05, 4.69) is 33.5 Å². The topological polar surface area (TPSA) is 79.3 Å². The molecule has 144 valence electrons. The summed E-state index contributed by atoms with van der Waals surface area (Å²) >= 11 is 0. The number of nitrogens with one attached hydrogen (secondary N) is 3. The van der Waals surface area contributed by atoms with Crippen LogP contribution in [0.2, 0.25) is 0 Å². The molecule has 6 nitrogen and oxygen atoms in total. The third-order valence-electron chi connectivity index (χ3n) is 5.30. The van der Waals surface area contributed by atoms with E-state index in [0.717, 1.165) is 24.2 Å². The van der Waals surface area contributed by atoms with Crippen LogP contribution in [0.15, 0.2) is 53.3 Å². The molecule has 1 aliphatic rings. The van der Waals surface area contributed by atoms with E-state index in [1.165, 1.54) is 11.1 Å². The minimum atomic E-state index is -0.142. The molecule has 0 bridgehead atoms. The minimum absolute atomic E-state index is 0.0161. The third-order valence-corrected chi connectivity index (χ3v) is 5.30. The summed E-state index contributed by atoms with van der Waals surface area (Å²) in [6.45, 7) is 0.809.